The number of carbonyl (C=O) groups is 1. The van der Waals surface area contributed by atoms with Gasteiger partial charge in [0.25, 0.3) is 5.56 Å². The van der Waals surface area contributed by atoms with Crippen LogP contribution >= 0.6 is 11.6 Å². The van der Waals surface area contributed by atoms with E-state index in [9.17, 15) is 9.59 Å². The second kappa shape index (κ2) is 10.1. The lowest BCUT2D eigenvalue weighted by Gasteiger charge is -2.14. The maximum Gasteiger partial charge on any atom is 0.260 e. The highest BCUT2D eigenvalue weighted by atomic mass is 35.5. The van der Waals surface area contributed by atoms with E-state index in [0.29, 0.717) is 40.1 Å². The number of aryl methyl sites for hydroxylation is 1. The molecule has 0 saturated heterocycles. The molecule has 0 saturated carbocycles. The number of benzene rings is 2. The highest BCUT2D eigenvalue weighted by Gasteiger charge is 2.16. The maximum absolute atomic E-state index is 13.8. The molecule has 37 heavy (non-hydrogen) atoms. The van der Waals surface area contributed by atoms with Crippen LogP contribution in [-0.4, -0.2) is 30.2 Å². The lowest BCUT2D eigenvalue weighted by Crippen LogP contribution is -2.24. The van der Waals surface area contributed by atoms with Gasteiger partial charge < -0.3 is 10.6 Å². The smallest absolute Gasteiger partial charge is 0.260 e. The van der Waals surface area contributed by atoms with Crippen LogP contribution in [0.1, 0.15) is 11.1 Å². The predicted molar refractivity (Wildman–Crippen MR) is 145 cm³/mol. The average molecular weight is 512 g/mol. The van der Waals surface area contributed by atoms with Crippen LogP contribution < -0.4 is 16.2 Å². The summed E-state index contributed by atoms with van der Waals surface area (Å²) in [6.07, 6.45) is 4.98. The van der Waals surface area contributed by atoms with Gasteiger partial charge in [0.15, 0.2) is 10.8 Å². The third-order valence-electron chi connectivity index (χ3n) is 5.64. The van der Waals surface area contributed by atoms with Crippen LogP contribution in [0.15, 0.2) is 90.5 Å². The van der Waals surface area contributed by atoms with Gasteiger partial charge >= 0.3 is 0 Å². The molecular weight excluding hydrogens is 490 g/mol. The van der Waals surface area contributed by atoms with Crippen LogP contribution in [0.5, 0.6) is 0 Å². The Labute approximate surface area is 217 Å². The number of amides is 1. The van der Waals surface area contributed by atoms with E-state index in [1.54, 1.807) is 48.4 Å². The first-order valence-corrected chi connectivity index (χ1v) is 11.7. The van der Waals surface area contributed by atoms with Gasteiger partial charge in [0.1, 0.15) is 0 Å². The summed E-state index contributed by atoms with van der Waals surface area (Å²) in [6, 6.07) is 18.5. The summed E-state index contributed by atoms with van der Waals surface area (Å²) in [5.74, 6) is -0.100. The number of hydrogen-bond donors (Lipinski definition) is 2. The molecule has 2 aromatic carbocycles. The molecule has 0 atom stereocenters. The zero-order chi connectivity index (χ0) is 25.9. The Morgan fingerprint density at radius 3 is 2.68 bits per heavy atom. The zero-order valence-corrected chi connectivity index (χ0v) is 20.6. The minimum absolute atomic E-state index is 0.229. The number of nitrogens with zero attached hydrogens (tertiary/aromatic N) is 5. The van der Waals surface area contributed by atoms with Gasteiger partial charge in [0.05, 0.1) is 11.4 Å². The second-order valence-corrected chi connectivity index (χ2v) is 8.68. The van der Waals surface area contributed by atoms with E-state index >= 15 is 0 Å². The van der Waals surface area contributed by atoms with Crippen molar-refractivity contribution in [3.8, 4) is 5.69 Å². The topological polar surface area (TPSA) is 107 Å². The van der Waals surface area contributed by atoms with Crippen LogP contribution in [0.3, 0.4) is 0 Å². The summed E-state index contributed by atoms with van der Waals surface area (Å²) >= 11 is 6.19. The minimum Gasteiger partial charge on any atom is -0.322 e. The van der Waals surface area contributed by atoms with Crippen molar-refractivity contribution in [3.63, 3.8) is 0 Å². The van der Waals surface area contributed by atoms with E-state index in [1.807, 2.05) is 36.4 Å². The second-order valence-electron chi connectivity index (χ2n) is 8.32. The van der Waals surface area contributed by atoms with Crippen molar-refractivity contribution in [2.75, 3.05) is 10.6 Å². The molecule has 0 unspecified atom stereocenters. The van der Waals surface area contributed by atoms with Crippen molar-refractivity contribution >= 4 is 45.9 Å². The molecule has 0 aliphatic heterocycles. The van der Waals surface area contributed by atoms with E-state index in [1.165, 1.54) is 10.6 Å². The molecule has 3 aromatic heterocycles. The van der Waals surface area contributed by atoms with Gasteiger partial charge in [-0.05, 0) is 35.9 Å². The molecule has 0 radical (unpaired) electrons. The Balaban J connectivity index is 1.67. The third kappa shape index (κ3) is 5.12. The van der Waals surface area contributed by atoms with Crippen molar-refractivity contribution in [1.29, 1.82) is 0 Å². The molecule has 0 aliphatic rings. The normalized spacial score (nSPS) is 10.9. The number of rotatable bonds is 7. The molecule has 184 valence electrons. The number of pyridine rings is 1. The van der Waals surface area contributed by atoms with Gasteiger partial charge in [-0.2, -0.15) is 10.1 Å². The average Bonchev–Trinajstić information content (AvgIpc) is 3.21. The van der Waals surface area contributed by atoms with Crippen LogP contribution in [0.25, 0.3) is 16.7 Å². The monoisotopic (exact) mass is 511 g/mol. The summed E-state index contributed by atoms with van der Waals surface area (Å²) in [7, 11) is 1.75. The van der Waals surface area contributed by atoms with Crippen LogP contribution in [0.2, 0.25) is 5.15 Å². The molecule has 1 amide bonds. The number of carbonyl (C=O) groups excluding carboxylic acids is 1. The molecule has 5 aromatic rings. The number of hydrogen-bond acceptors (Lipinski definition) is 6. The lowest BCUT2D eigenvalue weighted by atomic mass is 10.1. The predicted octanol–water partition coefficient (Wildman–Crippen LogP) is 4.63. The number of nitrogens with one attached hydrogen (secondary N) is 2. The van der Waals surface area contributed by atoms with E-state index in [-0.39, 0.29) is 22.6 Å². The van der Waals surface area contributed by atoms with E-state index in [0.717, 1.165) is 5.56 Å². The molecule has 0 fully saturated rings. The number of aromatic nitrogens is 5. The largest absolute Gasteiger partial charge is 0.322 e. The molecule has 0 spiro atoms. The van der Waals surface area contributed by atoms with Gasteiger partial charge in [0, 0.05) is 42.5 Å². The molecule has 3 heterocycles. The molecule has 0 aliphatic carbocycles. The highest BCUT2D eigenvalue weighted by Crippen LogP contribution is 2.24. The maximum atomic E-state index is 13.8. The number of anilines is 3. The fourth-order valence-electron chi connectivity index (χ4n) is 3.98. The first kappa shape index (κ1) is 24.0. The van der Waals surface area contributed by atoms with Crippen molar-refractivity contribution in [2.45, 2.75) is 6.42 Å². The quantitative estimate of drug-likeness (QED) is 0.309. The summed E-state index contributed by atoms with van der Waals surface area (Å²) in [5, 5.41) is 10.9. The number of fused-ring (bicyclic) bond motifs is 1. The van der Waals surface area contributed by atoms with Gasteiger partial charge in [-0.1, -0.05) is 54.6 Å². The summed E-state index contributed by atoms with van der Waals surface area (Å²) in [5.41, 5.74) is 3.34. The van der Waals surface area contributed by atoms with E-state index < -0.39 is 0 Å². The Morgan fingerprint density at radius 2 is 1.95 bits per heavy atom. The first-order valence-electron chi connectivity index (χ1n) is 11.4. The molecule has 5 rings (SSSR count). The van der Waals surface area contributed by atoms with E-state index in [4.69, 9.17) is 11.6 Å². The van der Waals surface area contributed by atoms with Gasteiger partial charge in [-0.3, -0.25) is 18.8 Å². The van der Waals surface area contributed by atoms with Gasteiger partial charge in [0.2, 0.25) is 11.9 Å². The Kier molecular flexibility index (Phi) is 6.53. The Bertz CT molecular complexity index is 1690. The van der Waals surface area contributed by atoms with E-state index in [2.05, 4.69) is 32.3 Å². The summed E-state index contributed by atoms with van der Waals surface area (Å²) in [4.78, 5) is 34.8. The summed E-state index contributed by atoms with van der Waals surface area (Å²) < 4.78 is 3.09. The van der Waals surface area contributed by atoms with Crippen LogP contribution in [-0.2, 0) is 18.3 Å². The summed E-state index contributed by atoms with van der Waals surface area (Å²) in [6.45, 7) is 3.49. The fourth-order valence-corrected chi connectivity index (χ4v) is 4.19. The van der Waals surface area contributed by atoms with Gasteiger partial charge in [-0.15, -0.1) is 0 Å². The zero-order valence-electron chi connectivity index (χ0n) is 19.9. The fraction of sp³-hybridized carbons (Fsp3) is 0.0741. The Hall–Kier alpha value is -4.76. The third-order valence-corrected chi connectivity index (χ3v) is 5.92. The standard InChI is InChI=1S/C27H22ClN7O2/c1-3-23(36)30-20-10-7-11-21(14-20)35-25-19(13-18(26(35)37)12-17-8-5-4-6-9-17)15-29-27(32-25)31-22-16-34(2)33-24(22)28/h3-11,13-16H,1,12H2,2H3,(H,30,36)(H,29,31,32). The molecule has 10 heteroatoms. The Morgan fingerprint density at radius 1 is 1.14 bits per heavy atom. The van der Waals surface area contributed by atoms with Crippen LogP contribution in [0.4, 0.5) is 17.3 Å². The minimum atomic E-state index is -0.352. The number of halogens is 1. The lowest BCUT2D eigenvalue weighted by molar-refractivity contribution is -0.111. The van der Waals surface area contributed by atoms with Crippen LogP contribution in [0, 0.1) is 0 Å². The molecular formula is C27H22ClN7O2. The first-order chi connectivity index (χ1) is 17.9. The van der Waals surface area contributed by atoms with Crippen molar-refractivity contribution in [3.05, 3.63) is 112 Å². The molecule has 2 N–H and O–H groups in total. The SMILES string of the molecule is C=CC(=O)Nc1cccc(-n2c(=O)c(Cc3ccccc3)cc3cnc(Nc4cn(C)nc4Cl)nc32)c1. The van der Waals surface area contributed by atoms with Crippen molar-refractivity contribution < 1.29 is 4.79 Å². The van der Waals surface area contributed by atoms with Gasteiger partial charge in [-0.25, -0.2) is 4.98 Å². The van der Waals surface area contributed by atoms with Crippen molar-refractivity contribution in [1.82, 2.24) is 24.3 Å². The molecule has 0 bridgehead atoms. The van der Waals surface area contributed by atoms with Crippen molar-refractivity contribution in [2.24, 2.45) is 7.05 Å². The molecule has 9 nitrogen and oxygen atoms in total. The highest BCUT2D eigenvalue weighted by molar-refractivity contribution is 6.32.